The number of aryl methyl sites for hydroxylation is 1. The SMILES string of the molecule is Cc1ccc2nc(COc3ccc(C(=O)NC(c4nc(C5CC5)no4)C(C)C)cc3)cn2c1. The van der Waals surface area contributed by atoms with Crippen LogP contribution in [0.2, 0.25) is 0 Å². The third-order valence-electron chi connectivity index (χ3n) is 5.77. The van der Waals surface area contributed by atoms with Gasteiger partial charge in [-0.2, -0.15) is 4.98 Å². The Morgan fingerprint density at radius 3 is 2.67 bits per heavy atom. The number of fused-ring (bicyclic) bond motifs is 1. The summed E-state index contributed by atoms with van der Waals surface area (Å²) in [5.74, 6) is 2.20. The fraction of sp³-hybridized carbons (Fsp3) is 0.360. The van der Waals surface area contributed by atoms with Crippen LogP contribution in [-0.2, 0) is 6.61 Å². The van der Waals surface area contributed by atoms with E-state index in [9.17, 15) is 4.79 Å². The van der Waals surface area contributed by atoms with Gasteiger partial charge in [0.05, 0.1) is 5.69 Å². The minimum Gasteiger partial charge on any atom is -0.487 e. The molecule has 1 aliphatic rings. The van der Waals surface area contributed by atoms with Gasteiger partial charge in [-0.15, -0.1) is 0 Å². The monoisotopic (exact) mass is 445 g/mol. The zero-order valence-electron chi connectivity index (χ0n) is 19.0. The molecule has 1 amide bonds. The summed E-state index contributed by atoms with van der Waals surface area (Å²) in [6, 6.07) is 10.8. The van der Waals surface area contributed by atoms with Crippen molar-refractivity contribution >= 4 is 11.6 Å². The van der Waals surface area contributed by atoms with Crippen LogP contribution in [0.1, 0.15) is 72.0 Å². The van der Waals surface area contributed by atoms with E-state index in [1.54, 1.807) is 24.3 Å². The Balaban J connectivity index is 1.21. The minimum atomic E-state index is -0.341. The van der Waals surface area contributed by atoms with Crippen LogP contribution < -0.4 is 10.1 Å². The molecule has 1 aliphatic carbocycles. The molecule has 1 unspecified atom stereocenters. The van der Waals surface area contributed by atoms with E-state index in [2.05, 4.69) is 20.4 Å². The van der Waals surface area contributed by atoms with E-state index in [4.69, 9.17) is 9.26 Å². The van der Waals surface area contributed by atoms with Crippen molar-refractivity contribution in [3.05, 3.63) is 77.3 Å². The Morgan fingerprint density at radius 2 is 1.94 bits per heavy atom. The molecule has 8 nitrogen and oxygen atoms in total. The van der Waals surface area contributed by atoms with Crippen LogP contribution in [0.25, 0.3) is 5.65 Å². The zero-order chi connectivity index (χ0) is 22.9. The highest BCUT2D eigenvalue weighted by molar-refractivity contribution is 5.94. The van der Waals surface area contributed by atoms with Crippen molar-refractivity contribution in [2.45, 2.75) is 52.2 Å². The number of hydrogen-bond donors (Lipinski definition) is 1. The molecule has 1 saturated carbocycles. The summed E-state index contributed by atoms with van der Waals surface area (Å²) in [5, 5.41) is 7.11. The number of carbonyl (C=O) groups is 1. The van der Waals surface area contributed by atoms with Crippen LogP contribution in [0.4, 0.5) is 0 Å². The number of carbonyl (C=O) groups excluding carboxylic acids is 1. The molecule has 170 valence electrons. The Labute approximate surface area is 192 Å². The average molecular weight is 446 g/mol. The van der Waals surface area contributed by atoms with Crippen molar-refractivity contribution < 1.29 is 14.1 Å². The predicted molar refractivity (Wildman–Crippen MR) is 122 cm³/mol. The normalized spacial score (nSPS) is 14.5. The molecule has 1 atom stereocenters. The van der Waals surface area contributed by atoms with Gasteiger partial charge < -0.3 is 19.0 Å². The van der Waals surface area contributed by atoms with E-state index in [1.807, 2.05) is 49.7 Å². The van der Waals surface area contributed by atoms with Crippen LogP contribution in [0.5, 0.6) is 5.75 Å². The number of benzene rings is 1. The lowest BCUT2D eigenvalue weighted by molar-refractivity contribution is 0.0914. The summed E-state index contributed by atoms with van der Waals surface area (Å²) < 4.78 is 13.3. The summed E-state index contributed by atoms with van der Waals surface area (Å²) in [6.45, 7) is 6.43. The smallest absolute Gasteiger partial charge is 0.251 e. The van der Waals surface area contributed by atoms with Crippen molar-refractivity contribution in [3.8, 4) is 5.75 Å². The van der Waals surface area contributed by atoms with E-state index in [0.29, 0.717) is 29.7 Å². The van der Waals surface area contributed by atoms with E-state index in [-0.39, 0.29) is 17.9 Å². The standard InChI is InChI=1S/C25H27N5O3/c1-15(2)22(25-28-23(29-33-25)17-5-6-17)27-24(31)18-7-9-20(10-8-18)32-14-19-13-30-12-16(3)4-11-21(30)26-19/h4,7-13,15,17,22H,5-6,14H2,1-3H3,(H,27,31). The molecule has 1 aromatic carbocycles. The molecule has 1 fully saturated rings. The zero-order valence-corrected chi connectivity index (χ0v) is 19.0. The second-order valence-corrected chi connectivity index (χ2v) is 8.98. The highest BCUT2D eigenvalue weighted by Crippen LogP contribution is 2.38. The Hall–Kier alpha value is -3.68. The molecule has 0 aliphatic heterocycles. The van der Waals surface area contributed by atoms with Gasteiger partial charge >= 0.3 is 0 Å². The summed E-state index contributed by atoms with van der Waals surface area (Å²) in [6.07, 6.45) is 6.19. The molecule has 4 aromatic rings. The number of nitrogens with zero attached hydrogens (tertiary/aromatic N) is 4. The summed E-state index contributed by atoms with van der Waals surface area (Å²) >= 11 is 0. The second-order valence-electron chi connectivity index (χ2n) is 8.98. The van der Waals surface area contributed by atoms with Crippen LogP contribution >= 0.6 is 0 Å². The van der Waals surface area contributed by atoms with E-state index >= 15 is 0 Å². The molecule has 3 aromatic heterocycles. The first-order valence-corrected chi connectivity index (χ1v) is 11.3. The first-order chi connectivity index (χ1) is 16.0. The van der Waals surface area contributed by atoms with Gasteiger partial charge in [0.25, 0.3) is 5.91 Å². The molecular weight excluding hydrogens is 418 g/mol. The molecule has 33 heavy (non-hydrogen) atoms. The van der Waals surface area contributed by atoms with Crippen LogP contribution in [0.3, 0.4) is 0 Å². The van der Waals surface area contributed by atoms with Crippen LogP contribution in [0, 0.1) is 12.8 Å². The average Bonchev–Trinajstić information content (AvgIpc) is 3.40. The largest absolute Gasteiger partial charge is 0.487 e. The van der Waals surface area contributed by atoms with Crippen LogP contribution in [0.15, 0.2) is 53.3 Å². The van der Waals surface area contributed by atoms with Crippen molar-refractivity contribution in [1.82, 2.24) is 24.8 Å². The van der Waals surface area contributed by atoms with Crippen molar-refractivity contribution in [2.75, 3.05) is 0 Å². The fourth-order valence-electron chi connectivity index (χ4n) is 3.70. The molecule has 8 heteroatoms. The van der Waals surface area contributed by atoms with Crippen LogP contribution in [-0.4, -0.2) is 25.4 Å². The summed E-state index contributed by atoms with van der Waals surface area (Å²) in [4.78, 5) is 21.9. The van der Waals surface area contributed by atoms with Gasteiger partial charge in [0.1, 0.15) is 24.0 Å². The molecule has 1 N–H and O–H groups in total. The molecule has 0 bridgehead atoms. The Morgan fingerprint density at radius 1 is 1.15 bits per heavy atom. The topological polar surface area (TPSA) is 94.5 Å². The third kappa shape index (κ3) is 4.74. The molecule has 0 spiro atoms. The first-order valence-electron chi connectivity index (χ1n) is 11.3. The maximum absolute atomic E-state index is 12.8. The molecule has 0 saturated heterocycles. The number of pyridine rings is 1. The molecule has 3 heterocycles. The maximum Gasteiger partial charge on any atom is 0.251 e. The lowest BCUT2D eigenvalue weighted by Gasteiger charge is -2.18. The summed E-state index contributed by atoms with van der Waals surface area (Å²) in [5.41, 5.74) is 3.44. The van der Waals surface area contributed by atoms with Gasteiger partial charge in [-0.05, 0) is 61.6 Å². The van der Waals surface area contributed by atoms with Gasteiger partial charge in [-0.1, -0.05) is 25.1 Å². The number of ether oxygens (including phenoxy) is 1. The number of rotatable bonds is 8. The number of aromatic nitrogens is 4. The quantitative estimate of drug-likeness (QED) is 0.426. The van der Waals surface area contributed by atoms with Gasteiger partial charge in [0.15, 0.2) is 5.82 Å². The number of hydrogen-bond acceptors (Lipinski definition) is 6. The summed E-state index contributed by atoms with van der Waals surface area (Å²) in [7, 11) is 0. The highest BCUT2D eigenvalue weighted by Gasteiger charge is 2.31. The molecule has 0 radical (unpaired) electrons. The third-order valence-corrected chi connectivity index (χ3v) is 5.77. The maximum atomic E-state index is 12.8. The van der Waals surface area contributed by atoms with Crippen molar-refractivity contribution in [2.24, 2.45) is 5.92 Å². The van der Waals surface area contributed by atoms with E-state index in [0.717, 1.165) is 30.0 Å². The lowest BCUT2D eigenvalue weighted by Crippen LogP contribution is -2.32. The fourth-order valence-corrected chi connectivity index (χ4v) is 3.70. The minimum absolute atomic E-state index is 0.110. The number of nitrogens with one attached hydrogen (secondary N) is 1. The molecular formula is C25H27N5O3. The molecule has 5 rings (SSSR count). The van der Waals surface area contributed by atoms with Gasteiger partial charge in [-0.25, -0.2) is 4.98 Å². The number of imidazole rings is 1. The van der Waals surface area contributed by atoms with Gasteiger partial charge in [0, 0.05) is 23.9 Å². The predicted octanol–water partition coefficient (Wildman–Crippen LogP) is 4.61. The van der Waals surface area contributed by atoms with Gasteiger partial charge in [0.2, 0.25) is 5.89 Å². The van der Waals surface area contributed by atoms with E-state index < -0.39 is 0 Å². The Bertz CT molecular complexity index is 1270. The van der Waals surface area contributed by atoms with Crippen molar-refractivity contribution in [3.63, 3.8) is 0 Å². The first kappa shape index (κ1) is 21.2. The van der Waals surface area contributed by atoms with E-state index in [1.165, 1.54) is 5.56 Å². The Kier molecular flexibility index (Phi) is 5.58. The van der Waals surface area contributed by atoms with Gasteiger partial charge in [-0.3, -0.25) is 4.79 Å². The van der Waals surface area contributed by atoms with Crippen molar-refractivity contribution in [1.29, 1.82) is 0 Å². The lowest BCUT2D eigenvalue weighted by atomic mass is 10.0. The second kappa shape index (κ2) is 8.69. The number of amides is 1. The highest BCUT2D eigenvalue weighted by atomic mass is 16.5.